The topological polar surface area (TPSA) is 18.5 Å². The van der Waals surface area contributed by atoms with Crippen LogP contribution < -0.4 is 9.47 Å². The first-order valence-electron chi connectivity index (χ1n) is 5.25. The summed E-state index contributed by atoms with van der Waals surface area (Å²) in [4.78, 5) is -0.191. The lowest BCUT2D eigenvalue weighted by molar-refractivity contribution is 0.351. The first kappa shape index (κ1) is 13.4. The molecule has 2 aromatic rings. The Labute approximate surface area is 117 Å². The monoisotopic (exact) mass is 330 g/mol. The highest BCUT2D eigenvalue weighted by atomic mass is 79.9. The average molecular weight is 331 g/mol. The van der Waals surface area contributed by atoms with Gasteiger partial charge in [-0.15, -0.1) is 0 Å². The number of alkyl halides is 1. The molecule has 0 aliphatic heterocycles. The van der Waals surface area contributed by atoms with Crippen LogP contribution in [-0.2, 0) is 0 Å². The SMILES string of the molecule is COc1cc(F)c(C(Br)c2ccsc2)cc1OC. The number of rotatable bonds is 4. The van der Waals surface area contributed by atoms with Crippen molar-refractivity contribution < 1.29 is 13.9 Å². The summed E-state index contributed by atoms with van der Waals surface area (Å²) in [6, 6.07) is 4.96. The molecule has 1 aromatic carbocycles. The highest BCUT2D eigenvalue weighted by molar-refractivity contribution is 9.09. The molecule has 96 valence electrons. The van der Waals surface area contributed by atoms with Gasteiger partial charge in [-0.05, 0) is 28.5 Å². The Hall–Kier alpha value is -1.07. The predicted molar refractivity (Wildman–Crippen MR) is 74.6 cm³/mol. The molecule has 1 aromatic heterocycles. The maximum atomic E-state index is 14.0. The van der Waals surface area contributed by atoms with Crippen LogP contribution in [0.5, 0.6) is 11.5 Å². The van der Waals surface area contributed by atoms with Crippen LogP contribution in [0.4, 0.5) is 4.39 Å². The number of hydrogen-bond acceptors (Lipinski definition) is 3. The van der Waals surface area contributed by atoms with Crippen LogP contribution in [0, 0.1) is 5.82 Å². The molecule has 0 fully saturated rings. The van der Waals surface area contributed by atoms with Crippen LogP contribution in [0.2, 0.25) is 0 Å². The molecular weight excluding hydrogens is 319 g/mol. The molecule has 18 heavy (non-hydrogen) atoms. The number of ether oxygens (including phenoxy) is 2. The van der Waals surface area contributed by atoms with Gasteiger partial charge in [0.1, 0.15) is 5.82 Å². The average Bonchev–Trinajstić information content (AvgIpc) is 2.91. The van der Waals surface area contributed by atoms with Crippen molar-refractivity contribution in [2.45, 2.75) is 4.83 Å². The van der Waals surface area contributed by atoms with Crippen LogP contribution in [0.1, 0.15) is 16.0 Å². The number of thiophene rings is 1. The molecule has 1 heterocycles. The second-order valence-corrected chi connectivity index (χ2v) is 5.34. The van der Waals surface area contributed by atoms with Crippen molar-refractivity contribution in [3.63, 3.8) is 0 Å². The molecule has 1 atom stereocenters. The number of hydrogen-bond donors (Lipinski definition) is 0. The molecular formula is C13H12BrFO2S. The maximum Gasteiger partial charge on any atom is 0.163 e. The van der Waals surface area contributed by atoms with Crippen molar-refractivity contribution in [2.75, 3.05) is 14.2 Å². The van der Waals surface area contributed by atoms with Crippen molar-refractivity contribution >= 4 is 27.3 Å². The van der Waals surface area contributed by atoms with Crippen LogP contribution in [0.15, 0.2) is 29.0 Å². The summed E-state index contributed by atoms with van der Waals surface area (Å²) in [6.45, 7) is 0. The van der Waals surface area contributed by atoms with E-state index < -0.39 is 0 Å². The van der Waals surface area contributed by atoms with E-state index in [1.54, 1.807) is 17.4 Å². The molecule has 0 saturated heterocycles. The van der Waals surface area contributed by atoms with Gasteiger partial charge in [-0.25, -0.2) is 4.39 Å². The van der Waals surface area contributed by atoms with E-state index in [-0.39, 0.29) is 10.6 Å². The Bertz CT molecular complexity index is 528. The fourth-order valence-electron chi connectivity index (χ4n) is 1.66. The Balaban J connectivity index is 2.45. The van der Waals surface area contributed by atoms with Crippen molar-refractivity contribution in [1.29, 1.82) is 0 Å². The number of methoxy groups -OCH3 is 2. The van der Waals surface area contributed by atoms with E-state index in [1.807, 2.05) is 16.8 Å². The maximum absolute atomic E-state index is 14.0. The first-order valence-corrected chi connectivity index (χ1v) is 7.10. The minimum Gasteiger partial charge on any atom is -0.493 e. The second kappa shape index (κ2) is 5.71. The van der Waals surface area contributed by atoms with E-state index >= 15 is 0 Å². The van der Waals surface area contributed by atoms with Gasteiger partial charge in [-0.1, -0.05) is 15.9 Å². The molecule has 0 aliphatic rings. The standard InChI is InChI=1S/C13H12BrFO2S/c1-16-11-5-9(10(15)6-12(11)17-2)13(14)8-3-4-18-7-8/h3-7,13H,1-2H3. The Morgan fingerprint density at radius 2 is 1.89 bits per heavy atom. The van der Waals surface area contributed by atoms with Gasteiger partial charge in [0, 0.05) is 11.6 Å². The highest BCUT2D eigenvalue weighted by Gasteiger charge is 2.19. The molecule has 0 bridgehead atoms. The zero-order chi connectivity index (χ0) is 13.1. The van der Waals surface area contributed by atoms with E-state index in [1.165, 1.54) is 20.3 Å². The van der Waals surface area contributed by atoms with Crippen LogP contribution in [-0.4, -0.2) is 14.2 Å². The van der Waals surface area contributed by atoms with Gasteiger partial charge in [0.05, 0.1) is 19.0 Å². The molecule has 0 amide bonds. The predicted octanol–water partition coefficient (Wildman–Crippen LogP) is 4.39. The Kier molecular flexibility index (Phi) is 4.24. The largest absolute Gasteiger partial charge is 0.493 e. The molecule has 1 unspecified atom stereocenters. The van der Waals surface area contributed by atoms with Gasteiger partial charge in [-0.2, -0.15) is 11.3 Å². The normalized spacial score (nSPS) is 12.2. The zero-order valence-corrected chi connectivity index (χ0v) is 12.3. The second-order valence-electron chi connectivity index (χ2n) is 3.65. The van der Waals surface area contributed by atoms with Crippen molar-refractivity contribution in [1.82, 2.24) is 0 Å². The van der Waals surface area contributed by atoms with E-state index in [4.69, 9.17) is 9.47 Å². The highest BCUT2D eigenvalue weighted by Crippen LogP contribution is 2.38. The first-order chi connectivity index (χ1) is 8.67. The van der Waals surface area contributed by atoms with E-state index in [0.717, 1.165) is 5.56 Å². The minimum absolute atomic E-state index is 0.191. The number of benzene rings is 1. The quantitative estimate of drug-likeness (QED) is 0.774. The van der Waals surface area contributed by atoms with Gasteiger partial charge in [0.15, 0.2) is 11.5 Å². The van der Waals surface area contributed by atoms with Crippen LogP contribution in [0.25, 0.3) is 0 Å². The molecule has 0 aliphatic carbocycles. The lowest BCUT2D eigenvalue weighted by atomic mass is 10.1. The number of halogens is 2. The fraction of sp³-hybridized carbons (Fsp3) is 0.231. The van der Waals surface area contributed by atoms with Gasteiger partial charge < -0.3 is 9.47 Å². The molecule has 0 N–H and O–H groups in total. The molecule has 2 rings (SSSR count). The lowest BCUT2D eigenvalue weighted by Gasteiger charge is -2.14. The third kappa shape index (κ3) is 2.52. The lowest BCUT2D eigenvalue weighted by Crippen LogP contribution is -1.99. The summed E-state index contributed by atoms with van der Waals surface area (Å²) in [6.07, 6.45) is 0. The summed E-state index contributed by atoms with van der Waals surface area (Å²) >= 11 is 5.08. The minimum atomic E-state index is -0.319. The van der Waals surface area contributed by atoms with Gasteiger partial charge in [-0.3, -0.25) is 0 Å². The summed E-state index contributed by atoms with van der Waals surface area (Å²) in [5.41, 5.74) is 1.55. The Morgan fingerprint density at radius 1 is 1.22 bits per heavy atom. The fourth-order valence-corrected chi connectivity index (χ4v) is 3.16. The molecule has 5 heteroatoms. The molecule has 0 saturated carbocycles. The molecule has 0 spiro atoms. The van der Waals surface area contributed by atoms with E-state index in [2.05, 4.69) is 15.9 Å². The summed E-state index contributed by atoms with van der Waals surface area (Å²) in [5, 5.41) is 3.94. The molecule has 2 nitrogen and oxygen atoms in total. The van der Waals surface area contributed by atoms with Crippen molar-refractivity contribution in [3.05, 3.63) is 45.9 Å². The van der Waals surface area contributed by atoms with Gasteiger partial charge >= 0.3 is 0 Å². The van der Waals surface area contributed by atoms with Gasteiger partial charge in [0.25, 0.3) is 0 Å². The third-order valence-electron chi connectivity index (χ3n) is 2.61. The summed E-state index contributed by atoms with van der Waals surface area (Å²) < 4.78 is 24.3. The van der Waals surface area contributed by atoms with Crippen LogP contribution in [0.3, 0.4) is 0 Å². The summed E-state index contributed by atoms with van der Waals surface area (Å²) in [7, 11) is 3.02. The summed E-state index contributed by atoms with van der Waals surface area (Å²) in [5.74, 6) is 0.595. The van der Waals surface area contributed by atoms with Crippen molar-refractivity contribution in [2.24, 2.45) is 0 Å². The van der Waals surface area contributed by atoms with Gasteiger partial charge in [0.2, 0.25) is 0 Å². The van der Waals surface area contributed by atoms with Crippen LogP contribution >= 0.6 is 27.3 Å². The van der Waals surface area contributed by atoms with E-state index in [9.17, 15) is 4.39 Å². The zero-order valence-electron chi connectivity index (χ0n) is 9.94. The third-order valence-corrected chi connectivity index (χ3v) is 4.34. The van der Waals surface area contributed by atoms with E-state index in [0.29, 0.717) is 17.1 Å². The van der Waals surface area contributed by atoms with Crippen molar-refractivity contribution in [3.8, 4) is 11.5 Å². The Morgan fingerprint density at radius 3 is 2.44 bits per heavy atom. The molecule has 0 radical (unpaired) electrons. The smallest absolute Gasteiger partial charge is 0.163 e.